The molecule has 1 aromatic heterocycles. The fourth-order valence-electron chi connectivity index (χ4n) is 11.1. The predicted octanol–water partition coefficient (Wildman–Crippen LogP) is 6.17. The van der Waals surface area contributed by atoms with E-state index in [0.29, 0.717) is 40.3 Å². The maximum atomic E-state index is 13.6. The normalized spacial score (nSPS) is 47.6. The number of carbonyl (C=O) groups is 2. The van der Waals surface area contributed by atoms with Crippen molar-refractivity contribution in [2.24, 2.45) is 45.3 Å². The van der Waals surface area contributed by atoms with Crippen molar-refractivity contribution in [1.29, 1.82) is 0 Å². The number of aromatic nitrogens is 1. The van der Waals surface area contributed by atoms with E-state index in [0.717, 1.165) is 44.2 Å². The molecule has 4 unspecified atom stereocenters. The first-order valence-corrected chi connectivity index (χ1v) is 13.7. The van der Waals surface area contributed by atoms with Crippen molar-refractivity contribution in [2.45, 2.75) is 90.9 Å². The second-order valence-corrected chi connectivity index (χ2v) is 14.4. The minimum atomic E-state index is -0.228. The van der Waals surface area contributed by atoms with Crippen molar-refractivity contribution >= 4 is 23.3 Å². The lowest BCUT2D eigenvalue weighted by Crippen LogP contribution is -2.55. The third kappa shape index (κ3) is 3.28. The lowest BCUT2D eigenvalue weighted by atomic mass is 9.44. The van der Waals surface area contributed by atoms with Crippen molar-refractivity contribution in [3.63, 3.8) is 0 Å². The van der Waals surface area contributed by atoms with E-state index in [9.17, 15) is 9.59 Å². The minimum absolute atomic E-state index is 0.151. The summed E-state index contributed by atoms with van der Waals surface area (Å²) >= 11 is 0. The summed E-state index contributed by atoms with van der Waals surface area (Å²) in [4.78, 5) is 31.6. The number of rotatable bonds is 4. The van der Waals surface area contributed by atoms with E-state index >= 15 is 0 Å². The molecular formula is C29H39N3O2. The summed E-state index contributed by atoms with van der Waals surface area (Å²) in [6, 6.07) is 3.72. The van der Waals surface area contributed by atoms with Gasteiger partial charge >= 0.3 is 0 Å². The maximum Gasteiger partial charge on any atom is 0.231 e. The van der Waals surface area contributed by atoms with E-state index < -0.39 is 0 Å². The lowest BCUT2D eigenvalue weighted by Gasteiger charge is -2.60. The van der Waals surface area contributed by atoms with Gasteiger partial charge in [0.05, 0.1) is 10.8 Å². The van der Waals surface area contributed by atoms with Crippen LogP contribution in [0, 0.1) is 45.3 Å². The fraction of sp³-hybridized carbons (Fsp3) is 0.759. The Balaban J connectivity index is 1.07. The van der Waals surface area contributed by atoms with E-state index in [1.807, 2.05) is 12.1 Å². The standard InChI is InChI=1S/C29H39N3O2/c1-26-8-18-5-19(9-26)13-28(12-18,16-26)24(33)31-22-3-4-30-23(7-22)32-25(34)29-14-20-6-21(15-29)11-27(2,10-20)17-29/h3-4,7,18-21H,5-6,8-17H2,1-2H3,(H2,30,31,32,33,34). The number of hydrogen-bond acceptors (Lipinski definition) is 3. The van der Waals surface area contributed by atoms with Gasteiger partial charge in [-0.05, 0) is 118 Å². The first-order valence-electron chi connectivity index (χ1n) is 13.7. The molecule has 8 aliphatic rings. The molecule has 8 saturated carbocycles. The molecule has 9 rings (SSSR count). The SMILES string of the molecule is CC12CC3CC(C1)CC(C(=O)Nc1ccnc(NC(=O)C45CC6CC(CC(C)(C6)C4)C5)c1)(C3)C2. The fourth-order valence-corrected chi connectivity index (χ4v) is 11.1. The van der Waals surface area contributed by atoms with Gasteiger partial charge in [0.25, 0.3) is 0 Å². The van der Waals surface area contributed by atoms with Gasteiger partial charge in [-0.15, -0.1) is 0 Å². The van der Waals surface area contributed by atoms with Crippen LogP contribution in [0.4, 0.5) is 11.5 Å². The quantitative estimate of drug-likeness (QED) is 0.563. The summed E-state index contributed by atoms with van der Waals surface area (Å²) in [5.74, 6) is 3.75. The number of anilines is 2. The van der Waals surface area contributed by atoms with E-state index in [4.69, 9.17) is 0 Å². The average Bonchev–Trinajstić information content (AvgIpc) is 2.70. The molecule has 8 bridgehead atoms. The molecule has 1 heterocycles. The van der Waals surface area contributed by atoms with E-state index in [1.165, 1.54) is 38.5 Å². The van der Waals surface area contributed by atoms with Crippen LogP contribution in [0.15, 0.2) is 18.3 Å². The Bertz CT molecular complexity index is 956. The molecule has 0 aliphatic heterocycles. The molecular weight excluding hydrogens is 422 g/mol. The monoisotopic (exact) mass is 461 g/mol. The number of nitrogens with one attached hydrogen (secondary N) is 2. The van der Waals surface area contributed by atoms with Gasteiger partial charge < -0.3 is 10.6 Å². The molecule has 0 spiro atoms. The molecule has 0 saturated heterocycles. The van der Waals surface area contributed by atoms with Crippen LogP contribution in [-0.4, -0.2) is 16.8 Å². The Morgan fingerprint density at radius 1 is 0.765 bits per heavy atom. The summed E-state index contributed by atoms with van der Waals surface area (Å²) in [6.45, 7) is 4.79. The Kier molecular flexibility index (Phi) is 4.31. The van der Waals surface area contributed by atoms with Gasteiger partial charge in [-0.2, -0.15) is 0 Å². The average molecular weight is 462 g/mol. The first kappa shape index (κ1) is 21.4. The largest absolute Gasteiger partial charge is 0.325 e. The van der Waals surface area contributed by atoms with Crippen molar-refractivity contribution in [2.75, 3.05) is 10.6 Å². The molecule has 5 nitrogen and oxygen atoms in total. The van der Waals surface area contributed by atoms with Crippen LogP contribution < -0.4 is 10.6 Å². The Morgan fingerprint density at radius 2 is 1.24 bits per heavy atom. The Hall–Kier alpha value is -1.91. The van der Waals surface area contributed by atoms with E-state index in [-0.39, 0.29) is 22.6 Å². The first-order chi connectivity index (χ1) is 16.1. The molecule has 34 heavy (non-hydrogen) atoms. The third-order valence-corrected chi connectivity index (χ3v) is 10.9. The highest BCUT2D eigenvalue weighted by molar-refractivity contribution is 5.98. The summed E-state index contributed by atoms with van der Waals surface area (Å²) < 4.78 is 0. The van der Waals surface area contributed by atoms with Gasteiger partial charge in [0.15, 0.2) is 0 Å². The minimum Gasteiger partial charge on any atom is -0.325 e. The summed E-state index contributed by atoms with van der Waals surface area (Å²) in [6.07, 6.45) is 15.7. The van der Waals surface area contributed by atoms with Crippen molar-refractivity contribution in [1.82, 2.24) is 4.98 Å². The highest BCUT2D eigenvalue weighted by Crippen LogP contribution is 2.66. The number of nitrogens with zero attached hydrogens (tertiary/aromatic N) is 1. The zero-order valence-electron chi connectivity index (χ0n) is 20.8. The predicted molar refractivity (Wildman–Crippen MR) is 132 cm³/mol. The van der Waals surface area contributed by atoms with Gasteiger partial charge in [0.1, 0.15) is 5.82 Å². The highest BCUT2D eigenvalue weighted by Gasteiger charge is 2.60. The highest BCUT2D eigenvalue weighted by atomic mass is 16.2. The molecule has 2 amide bonds. The van der Waals surface area contributed by atoms with Crippen LogP contribution in [0.1, 0.15) is 90.9 Å². The summed E-state index contributed by atoms with van der Waals surface area (Å²) in [7, 11) is 0. The molecule has 2 N–H and O–H groups in total. The number of hydrogen-bond donors (Lipinski definition) is 2. The van der Waals surface area contributed by atoms with E-state index in [1.54, 1.807) is 6.20 Å². The molecule has 1 aromatic rings. The topological polar surface area (TPSA) is 71.1 Å². The summed E-state index contributed by atoms with van der Waals surface area (Å²) in [5, 5.41) is 6.41. The second-order valence-electron chi connectivity index (χ2n) is 14.4. The molecule has 0 aromatic carbocycles. The van der Waals surface area contributed by atoms with Crippen LogP contribution in [-0.2, 0) is 9.59 Å². The Labute approximate surface area is 203 Å². The maximum absolute atomic E-state index is 13.6. The van der Waals surface area contributed by atoms with Gasteiger partial charge in [0.2, 0.25) is 11.8 Å². The Morgan fingerprint density at radius 3 is 1.71 bits per heavy atom. The van der Waals surface area contributed by atoms with Crippen LogP contribution in [0.2, 0.25) is 0 Å². The van der Waals surface area contributed by atoms with Crippen LogP contribution >= 0.6 is 0 Å². The van der Waals surface area contributed by atoms with Crippen LogP contribution in [0.3, 0.4) is 0 Å². The molecule has 182 valence electrons. The van der Waals surface area contributed by atoms with Crippen molar-refractivity contribution in [3.8, 4) is 0 Å². The molecule has 5 heteroatoms. The van der Waals surface area contributed by atoms with E-state index in [2.05, 4.69) is 29.5 Å². The lowest BCUT2D eigenvalue weighted by molar-refractivity contribution is -0.150. The van der Waals surface area contributed by atoms with Gasteiger partial charge in [-0.25, -0.2) is 4.98 Å². The number of amides is 2. The molecule has 8 fully saturated rings. The number of pyridine rings is 1. The van der Waals surface area contributed by atoms with Crippen LogP contribution in [0.5, 0.6) is 0 Å². The number of carbonyl (C=O) groups excluding carboxylic acids is 2. The molecule has 4 atom stereocenters. The smallest absolute Gasteiger partial charge is 0.231 e. The van der Waals surface area contributed by atoms with Gasteiger partial charge in [-0.1, -0.05) is 13.8 Å². The van der Waals surface area contributed by atoms with Gasteiger partial charge in [-0.3, -0.25) is 9.59 Å². The second kappa shape index (κ2) is 6.85. The third-order valence-electron chi connectivity index (χ3n) is 10.9. The van der Waals surface area contributed by atoms with Crippen molar-refractivity contribution in [3.05, 3.63) is 18.3 Å². The van der Waals surface area contributed by atoms with Gasteiger partial charge in [0, 0.05) is 18.0 Å². The molecule has 0 radical (unpaired) electrons. The summed E-state index contributed by atoms with van der Waals surface area (Å²) in [5.41, 5.74) is 0.995. The molecule has 8 aliphatic carbocycles. The zero-order valence-corrected chi connectivity index (χ0v) is 20.8. The zero-order chi connectivity index (χ0) is 23.3. The van der Waals surface area contributed by atoms with Crippen molar-refractivity contribution < 1.29 is 9.59 Å². The van der Waals surface area contributed by atoms with Crippen LogP contribution in [0.25, 0.3) is 0 Å².